The number of benzene rings is 2. The number of halogens is 3. The van der Waals surface area contributed by atoms with Crippen LogP contribution < -0.4 is 0 Å². The van der Waals surface area contributed by atoms with E-state index in [0.29, 0.717) is 5.56 Å². The third-order valence-corrected chi connectivity index (χ3v) is 4.41. The van der Waals surface area contributed by atoms with Gasteiger partial charge >= 0.3 is 0 Å². The molecular formula is C15H13F2IO. The van der Waals surface area contributed by atoms with Crippen molar-refractivity contribution in [3.8, 4) is 0 Å². The fraction of sp³-hybridized carbons (Fsp3) is 0.200. The lowest BCUT2D eigenvalue weighted by Crippen LogP contribution is -2.05. The fourth-order valence-corrected chi connectivity index (χ4v) is 2.71. The Morgan fingerprint density at radius 3 is 2.42 bits per heavy atom. The minimum absolute atomic E-state index is 0.189. The van der Waals surface area contributed by atoms with E-state index in [1.165, 1.54) is 12.1 Å². The summed E-state index contributed by atoms with van der Waals surface area (Å²) in [6, 6.07) is 8.97. The van der Waals surface area contributed by atoms with Crippen LogP contribution in [0.1, 0.15) is 22.8 Å². The number of aliphatic hydroxyl groups is 1. The van der Waals surface area contributed by atoms with Crippen LogP contribution in [0, 0.1) is 22.1 Å². The number of hydrogen-bond acceptors (Lipinski definition) is 1. The van der Waals surface area contributed by atoms with Crippen LogP contribution in [0.15, 0.2) is 36.4 Å². The monoisotopic (exact) mass is 374 g/mol. The molecule has 2 aromatic rings. The summed E-state index contributed by atoms with van der Waals surface area (Å²) >= 11 is 2.17. The van der Waals surface area contributed by atoms with Gasteiger partial charge in [-0.1, -0.05) is 18.2 Å². The second kappa shape index (κ2) is 5.96. The molecule has 0 radical (unpaired) electrons. The van der Waals surface area contributed by atoms with Gasteiger partial charge in [0.2, 0.25) is 0 Å². The van der Waals surface area contributed by atoms with Crippen molar-refractivity contribution in [2.24, 2.45) is 0 Å². The van der Waals surface area contributed by atoms with Crippen molar-refractivity contribution in [3.05, 3.63) is 68.3 Å². The highest BCUT2D eigenvalue weighted by atomic mass is 127. The average molecular weight is 374 g/mol. The quantitative estimate of drug-likeness (QED) is 0.801. The largest absolute Gasteiger partial charge is 0.388 e. The summed E-state index contributed by atoms with van der Waals surface area (Å²) in [6.45, 7) is 1.96. The lowest BCUT2D eigenvalue weighted by atomic mass is 10.00. The smallest absolute Gasteiger partial charge is 0.126 e. The molecule has 1 N–H and O–H groups in total. The topological polar surface area (TPSA) is 20.2 Å². The van der Waals surface area contributed by atoms with Gasteiger partial charge < -0.3 is 5.11 Å². The molecule has 4 heteroatoms. The Morgan fingerprint density at radius 1 is 1.16 bits per heavy atom. The number of aliphatic hydroxyl groups excluding tert-OH is 1. The van der Waals surface area contributed by atoms with Crippen LogP contribution in [0.2, 0.25) is 0 Å². The SMILES string of the molecule is Cc1cccc(C(O)Cc2cc(F)cc(F)c2)c1I. The third kappa shape index (κ3) is 3.51. The molecule has 0 aromatic heterocycles. The van der Waals surface area contributed by atoms with Gasteiger partial charge in [-0.15, -0.1) is 0 Å². The maximum absolute atomic E-state index is 13.1. The van der Waals surface area contributed by atoms with Crippen LogP contribution >= 0.6 is 22.6 Å². The first kappa shape index (κ1) is 14.4. The lowest BCUT2D eigenvalue weighted by Gasteiger charge is -2.14. The summed E-state index contributed by atoms with van der Waals surface area (Å²) in [7, 11) is 0. The molecule has 0 saturated carbocycles. The first-order valence-electron chi connectivity index (χ1n) is 5.85. The molecule has 0 aliphatic heterocycles. The van der Waals surface area contributed by atoms with Gasteiger partial charge in [0.05, 0.1) is 6.10 Å². The Hall–Kier alpha value is -1.01. The van der Waals surface area contributed by atoms with Crippen LogP contribution in [0.4, 0.5) is 8.78 Å². The molecule has 1 atom stereocenters. The molecule has 2 aromatic carbocycles. The summed E-state index contributed by atoms with van der Waals surface area (Å²) in [5, 5.41) is 10.2. The van der Waals surface area contributed by atoms with Gasteiger partial charge in [-0.25, -0.2) is 8.78 Å². The van der Waals surface area contributed by atoms with Gasteiger partial charge in [-0.05, 0) is 58.3 Å². The van der Waals surface area contributed by atoms with Crippen LogP contribution in [-0.2, 0) is 6.42 Å². The van der Waals surface area contributed by atoms with E-state index in [1.807, 2.05) is 25.1 Å². The summed E-state index contributed by atoms with van der Waals surface area (Å²) in [5.41, 5.74) is 2.30. The Kier molecular flexibility index (Phi) is 4.52. The third-order valence-electron chi connectivity index (χ3n) is 2.93. The van der Waals surface area contributed by atoms with E-state index < -0.39 is 17.7 Å². The van der Waals surface area contributed by atoms with Crippen LogP contribution in [0.3, 0.4) is 0 Å². The molecule has 2 rings (SSSR count). The van der Waals surface area contributed by atoms with Crippen molar-refractivity contribution in [2.45, 2.75) is 19.4 Å². The van der Waals surface area contributed by atoms with Gasteiger partial charge in [0.15, 0.2) is 0 Å². The van der Waals surface area contributed by atoms with Crippen molar-refractivity contribution in [1.29, 1.82) is 0 Å². The minimum Gasteiger partial charge on any atom is -0.388 e. The van der Waals surface area contributed by atoms with Crippen molar-refractivity contribution in [2.75, 3.05) is 0 Å². The van der Waals surface area contributed by atoms with Crippen molar-refractivity contribution in [1.82, 2.24) is 0 Å². The van der Waals surface area contributed by atoms with Crippen molar-refractivity contribution >= 4 is 22.6 Å². The summed E-state index contributed by atoms with van der Waals surface area (Å²) in [5.74, 6) is -1.25. The zero-order valence-corrected chi connectivity index (χ0v) is 12.5. The lowest BCUT2D eigenvalue weighted by molar-refractivity contribution is 0.177. The Labute approximate surface area is 124 Å². The molecule has 0 saturated heterocycles. The van der Waals surface area contributed by atoms with E-state index in [0.717, 1.165) is 20.8 Å². The number of aryl methyl sites for hydroxylation is 1. The van der Waals surface area contributed by atoms with Crippen molar-refractivity contribution in [3.63, 3.8) is 0 Å². The maximum atomic E-state index is 13.1. The van der Waals surface area contributed by atoms with Crippen molar-refractivity contribution < 1.29 is 13.9 Å². The number of rotatable bonds is 3. The normalized spacial score (nSPS) is 12.5. The second-order valence-electron chi connectivity index (χ2n) is 4.48. The van der Waals surface area contributed by atoms with Crippen LogP contribution in [0.25, 0.3) is 0 Å². The maximum Gasteiger partial charge on any atom is 0.126 e. The molecule has 0 heterocycles. The predicted octanol–water partition coefficient (Wildman–Crippen LogP) is 4.15. The Morgan fingerprint density at radius 2 is 1.79 bits per heavy atom. The summed E-state index contributed by atoms with van der Waals surface area (Å²) in [4.78, 5) is 0. The molecule has 19 heavy (non-hydrogen) atoms. The minimum atomic E-state index is -0.770. The predicted molar refractivity (Wildman–Crippen MR) is 78.9 cm³/mol. The fourth-order valence-electron chi connectivity index (χ4n) is 1.99. The zero-order chi connectivity index (χ0) is 14.0. The van der Waals surface area contributed by atoms with Crippen LogP contribution in [-0.4, -0.2) is 5.11 Å². The van der Waals surface area contributed by atoms with E-state index in [1.54, 1.807) is 0 Å². The van der Waals surface area contributed by atoms with E-state index in [-0.39, 0.29) is 6.42 Å². The van der Waals surface area contributed by atoms with E-state index in [9.17, 15) is 13.9 Å². The van der Waals surface area contributed by atoms with Gasteiger partial charge in [0.1, 0.15) is 11.6 Å². The Bertz CT molecular complexity index is 578. The second-order valence-corrected chi connectivity index (χ2v) is 5.55. The average Bonchev–Trinajstić information content (AvgIpc) is 2.31. The van der Waals surface area contributed by atoms with Gasteiger partial charge in [-0.3, -0.25) is 0 Å². The van der Waals surface area contributed by atoms with E-state index in [2.05, 4.69) is 22.6 Å². The summed E-state index contributed by atoms with van der Waals surface area (Å²) in [6.07, 6.45) is -0.582. The summed E-state index contributed by atoms with van der Waals surface area (Å²) < 4.78 is 27.2. The van der Waals surface area contributed by atoms with Gasteiger partial charge in [-0.2, -0.15) is 0 Å². The molecule has 0 bridgehead atoms. The number of hydrogen-bond donors (Lipinski definition) is 1. The highest BCUT2D eigenvalue weighted by molar-refractivity contribution is 14.1. The molecule has 1 unspecified atom stereocenters. The zero-order valence-electron chi connectivity index (χ0n) is 10.3. The first-order valence-corrected chi connectivity index (χ1v) is 6.93. The molecule has 0 aliphatic rings. The highest BCUT2D eigenvalue weighted by Crippen LogP contribution is 2.26. The van der Waals surface area contributed by atoms with Gasteiger partial charge in [0, 0.05) is 16.1 Å². The molecular weight excluding hydrogens is 361 g/mol. The Balaban J connectivity index is 2.25. The standard InChI is InChI=1S/C15H13F2IO/c1-9-3-2-4-13(15(9)18)14(19)7-10-5-11(16)8-12(17)6-10/h2-6,8,14,19H,7H2,1H3. The molecule has 0 spiro atoms. The van der Waals surface area contributed by atoms with E-state index in [4.69, 9.17) is 0 Å². The molecule has 0 aliphatic carbocycles. The van der Waals surface area contributed by atoms with E-state index >= 15 is 0 Å². The molecule has 1 nitrogen and oxygen atoms in total. The van der Waals surface area contributed by atoms with Crippen LogP contribution in [0.5, 0.6) is 0 Å². The highest BCUT2D eigenvalue weighted by Gasteiger charge is 2.14. The van der Waals surface area contributed by atoms with Gasteiger partial charge in [0.25, 0.3) is 0 Å². The molecule has 0 fully saturated rings. The first-order chi connectivity index (χ1) is 8.97. The molecule has 0 amide bonds. The molecule has 100 valence electrons.